The van der Waals surface area contributed by atoms with E-state index in [0.29, 0.717) is 15.8 Å². The van der Waals surface area contributed by atoms with E-state index in [-0.39, 0.29) is 4.90 Å². The van der Waals surface area contributed by atoms with E-state index >= 15 is 0 Å². The first-order chi connectivity index (χ1) is 9.44. The van der Waals surface area contributed by atoms with Gasteiger partial charge in [0.05, 0.1) is 10.6 Å². The van der Waals surface area contributed by atoms with Gasteiger partial charge in [0.1, 0.15) is 0 Å². The van der Waals surface area contributed by atoms with Crippen molar-refractivity contribution in [1.82, 2.24) is 0 Å². The molecule has 2 aromatic carbocycles. The number of thioether (sulfide) groups is 1. The highest BCUT2D eigenvalue weighted by Gasteiger charge is 2.16. The number of nitrogens with two attached hydrogens (primary N) is 1. The number of benzene rings is 2. The minimum atomic E-state index is -3.65. The van der Waals surface area contributed by atoms with Gasteiger partial charge in [-0.1, -0.05) is 12.1 Å². The van der Waals surface area contributed by atoms with Gasteiger partial charge in [0.2, 0.25) is 0 Å². The predicted octanol–water partition coefficient (Wildman–Crippen LogP) is 3.55. The van der Waals surface area contributed by atoms with Crippen molar-refractivity contribution in [1.29, 1.82) is 0 Å². The lowest BCUT2D eigenvalue weighted by Crippen LogP contribution is -2.13. The summed E-state index contributed by atoms with van der Waals surface area (Å²) < 4.78 is 27.9. The molecule has 106 valence electrons. The maximum atomic E-state index is 12.3. The second kappa shape index (κ2) is 6.07. The lowest BCUT2D eigenvalue weighted by molar-refractivity contribution is 0.601. The zero-order valence-corrected chi connectivity index (χ0v) is 13.8. The molecule has 0 amide bonds. The standard InChI is InChI=1S/C13H13BrN2O2S2/c1-19-13-5-3-2-4-12(13)16-20(17,18)9-6-7-10(14)11(15)8-9/h2-8,16H,15H2,1H3. The second-order valence-electron chi connectivity index (χ2n) is 3.99. The molecule has 0 aromatic heterocycles. The summed E-state index contributed by atoms with van der Waals surface area (Å²) in [5.41, 5.74) is 6.66. The smallest absolute Gasteiger partial charge is 0.262 e. The van der Waals surface area contributed by atoms with Crippen molar-refractivity contribution >= 4 is 49.1 Å². The summed E-state index contributed by atoms with van der Waals surface area (Å²) in [6.07, 6.45) is 1.89. The fourth-order valence-corrected chi connectivity index (χ4v) is 3.60. The first kappa shape index (κ1) is 15.2. The Balaban J connectivity index is 2.38. The molecule has 0 bridgehead atoms. The van der Waals surface area contributed by atoms with Gasteiger partial charge in [-0.15, -0.1) is 11.8 Å². The van der Waals surface area contributed by atoms with E-state index in [1.54, 1.807) is 18.2 Å². The Labute approximate surface area is 130 Å². The van der Waals surface area contributed by atoms with Crippen molar-refractivity contribution in [2.24, 2.45) is 0 Å². The van der Waals surface area contributed by atoms with Crippen LogP contribution in [-0.2, 0) is 10.0 Å². The summed E-state index contributed by atoms with van der Waals surface area (Å²) in [5, 5.41) is 0. The molecule has 3 N–H and O–H groups in total. The van der Waals surface area contributed by atoms with Crippen LogP contribution in [0.3, 0.4) is 0 Å². The highest BCUT2D eigenvalue weighted by atomic mass is 79.9. The first-order valence-electron chi connectivity index (χ1n) is 5.65. The van der Waals surface area contributed by atoms with Crippen molar-refractivity contribution in [2.75, 3.05) is 16.7 Å². The van der Waals surface area contributed by atoms with Gasteiger partial charge in [0.25, 0.3) is 10.0 Å². The number of rotatable bonds is 4. The summed E-state index contributed by atoms with van der Waals surface area (Å²) in [5.74, 6) is 0. The average molecular weight is 373 g/mol. The highest BCUT2D eigenvalue weighted by Crippen LogP contribution is 2.28. The van der Waals surface area contributed by atoms with Gasteiger partial charge in [0, 0.05) is 15.1 Å². The summed E-state index contributed by atoms with van der Waals surface area (Å²) in [6.45, 7) is 0. The van der Waals surface area contributed by atoms with Crippen molar-refractivity contribution in [3.63, 3.8) is 0 Å². The molecule has 0 atom stereocenters. The largest absolute Gasteiger partial charge is 0.398 e. The molecular formula is C13H13BrN2O2S2. The Hall–Kier alpha value is -1.18. The first-order valence-corrected chi connectivity index (χ1v) is 9.15. The van der Waals surface area contributed by atoms with E-state index in [2.05, 4.69) is 20.7 Å². The summed E-state index contributed by atoms with van der Waals surface area (Å²) in [6, 6.07) is 11.8. The van der Waals surface area contributed by atoms with Crippen molar-refractivity contribution in [2.45, 2.75) is 9.79 Å². The topological polar surface area (TPSA) is 72.2 Å². The van der Waals surface area contributed by atoms with Crippen LogP contribution in [0.5, 0.6) is 0 Å². The molecule has 2 rings (SSSR count). The highest BCUT2D eigenvalue weighted by molar-refractivity contribution is 9.10. The van der Waals surface area contributed by atoms with Gasteiger partial charge in [-0.05, 0) is 52.5 Å². The van der Waals surface area contributed by atoms with E-state index in [4.69, 9.17) is 5.73 Å². The third-order valence-electron chi connectivity index (χ3n) is 2.63. The number of hydrogen-bond donors (Lipinski definition) is 2. The van der Waals surface area contributed by atoms with E-state index in [9.17, 15) is 8.42 Å². The number of nitrogens with one attached hydrogen (secondary N) is 1. The van der Waals surface area contributed by atoms with Crippen LogP contribution in [0, 0.1) is 0 Å². The Kier molecular flexibility index (Phi) is 4.62. The van der Waals surface area contributed by atoms with Crippen LogP contribution in [0.1, 0.15) is 0 Å². The Morgan fingerprint density at radius 1 is 1.20 bits per heavy atom. The van der Waals surface area contributed by atoms with Crippen LogP contribution in [0.15, 0.2) is 56.7 Å². The van der Waals surface area contributed by atoms with E-state index in [0.717, 1.165) is 4.90 Å². The fraction of sp³-hybridized carbons (Fsp3) is 0.0769. The van der Waals surface area contributed by atoms with Gasteiger partial charge in [-0.25, -0.2) is 8.42 Å². The molecule has 7 heteroatoms. The summed E-state index contributed by atoms with van der Waals surface area (Å²) >= 11 is 4.72. The number of nitrogen functional groups attached to an aromatic ring is 1. The molecule has 20 heavy (non-hydrogen) atoms. The zero-order valence-electron chi connectivity index (χ0n) is 10.6. The molecule has 0 aliphatic rings. The SMILES string of the molecule is CSc1ccccc1NS(=O)(=O)c1ccc(Br)c(N)c1. The Morgan fingerprint density at radius 2 is 1.90 bits per heavy atom. The zero-order chi connectivity index (χ0) is 14.8. The Bertz CT molecular complexity index is 733. The molecule has 0 saturated carbocycles. The molecule has 0 saturated heterocycles. The van der Waals surface area contributed by atoms with Gasteiger partial charge >= 0.3 is 0 Å². The number of halogens is 1. The third kappa shape index (κ3) is 3.28. The molecule has 2 aromatic rings. The summed E-state index contributed by atoms with van der Waals surface area (Å²) in [7, 11) is -3.65. The van der Waals surface area contributed by atoms with Gasteiger partial charge < -0.3 is 5.73 Å². The predicted molar refractivity (Wildman–Crippen MR) is 87.6 cm³/mol. The maximum absolute atomic E-state index is 12.3. The maximum Gasteiger partial charge on any atom is 0.262 e. The molecule has 0 aliphatic carbocycles. The lowest BCUT2D eigenvalue weighted by atomic mass is 10.3. The van der Waals surface area contributed by atoms with Crippen LogP contribution >= 0.6 is 27.7 Å². The van der Waals surface area contributed by atoms with Crippen LogP contribution in [0.4, 0.5) is 11.4 Å². The number of sulfonamides is 1. The molecule has 4 nitrogen and oxygen atoms in total. The minimum absolute atomic E-state index is 0.133. The average Bonchev–Trinajstić information content (AvgIpc) is 2.42. The van der Waals surface area contributed by atoms with Crippen LogP contribution in [0.2, 0.25) is 0 Å². The molecule has 0 heterocycles. The monoisotopic (exact) mass is 372 g/mol. The van der Waals surface area contributed by atoms with Gasteiger partial charge in [-0.2, -0.15) is 0 Å². The molecule has 0 spiro atoms. The molecule has 0 aliphatic heterocycles. The normalized spacial score (nSPS) is 11.3. The fourth-order valence-electron chi connectivity index (χ4n) is 1.62. The molecule has 0 unspecified atom stereocenters. The van der Waals surface area contributed by atoms with Crippen molar-refractivity contribution in [3.05, 3.63) is 46.9 Å². The number of para-hydroxylation sites is 1. The molecular weight excluding hydrogens is 360 g/mol. The number of hydrogen-bond acceptors (Lipinski definition) is 4. The lowest BCUT2D eigenvalue weighted by Gasteiger charge is -2.11. The molecule has 0 fully saturated rings. The van der Waals surface area contributed by atoms with Crippen LogP contribution in [0.25, 0.3) is 0 Å². The quantitative estimate of drug-likeness (QED) is 0.635. The molecule has 0 radical (unpaired) electrons. The van der Waals surface area contributed by atoms with Crippen molar-refractivity contribution in [3.8, 4) is 0 Å². The van der Waals surface area contributed by atoms with Gasteiger partial charge in [-0.3, -0.25) is 4.72 Å². The number of anilines is 2. The summed E-state index contributed by atoms with van der Waals surface area (Å²) in [4.78, 5) is 0.996. The van der Waals surface area contributed by atoms with Gasteiger partial charge in [0.15, 0.2) is 0 Å². The second-order valence-corrected chi connectivity index (χ2v) is 7.37. The van der Waals surface area contributed by atoms with Crippen LogP contribution in [-0.4, -0.2) is 14.7 Å². The van der Waals surface area contributed by atoms with Crippen molar-refractivity contribution < 1.29 is 8.42 Å². The minimum Gasteiger partial charge on any atom is -0.398 e. The third-order valence-corrected chi connectivity index (χ3v) is 5.51. The van der Waals surface area contributed by atoms with E-state index < -0.39 is 10.0 Å². The van der Waals surface area contributed by atoms with E-state index in [1.165, 1.54) is 23.9 Å². The van der Waals surface area contributed by atoms with Crippen LogP contribution < -0.4 is 10.5 Å². The Morgan fingerprint density at radius 3 is 2.55 bits per heavy atom. The van der Waals surface area contributed by atoms with E-state index in [1.807, 2.05) is 18.4 Å².